The zero-order valence-electron chi connectivity index (χ0n) is 19.1. The summed E-state index contributed by atoms with van der Waals surface area (Å²) >= 11 is 0. The van der Waals surface area contributed by atoms with Gasteiger partial charge in [0.25, 0.3) is 0 Å². The topological polar surface area (TPSA) is 71.3 Å². The maximum Gasteiger partial charge on any atom is 0.191 e. The van der Waals surface area contributed by atoms with E-state index in [-0.39, 0.29) is 12.1 Å². The molecule has 2 atom stereocenters. The first-order valence-electron chi connectivity index (χ1n) is 10.6. The van der Waals surface area contributed by atoms with Crippen molar-refractivity contribution in [1.82, 2.24) is 15.5 Å². The molecule has 1 aromatic heterocycles. The predicted molar refractivity (Wildman–Crippen MR) is 121 cm³/mol. The summed E-state index contributed by atoms with van der Waals surface area (Å²) in [7, 11) is 4.06. The summed E-state index contributed by atoms with van der Waals surface area (Å²) in [6.07, 6.45) is 1.70. The van der Waals surface area contributed by atoms with Gasteiger partial charge in [0.05, 0.1) is 38.1 Å². The molecule has 166 valence electrons. The third-order valence-electron chi connectivity index (χ3n) is 4.68. The highest BCUT2D eigenvalue weighted by Crippen LogP contribution is 2.30. The number of nitrogens with zero attached hydrogens (tertiary/aromatic N) is 2. The molecule has 30 heavy (non-hydrogen) atoms. The van der Waals surface area contributed by atoms with E-state index in [9.17, 15) is 0 Å². The molecule has 2 unspecified atom stereocenters. The second-order valence-corrected chi connectivity index (χ2v) is 7.15. The van der Waals surface area contributed by atoms with Gasteiger partial charge in [-0.15, -0.1) is 0 Å². The Labute approximate surface area is 180 Å². The SMILES string of the molecule is CCNC(=NCC(c1ccco1)N(C)C)NC(C)c1ccc(OCC)c(OCC)c1. The van der Waals surface area contributed by atoms with Crippen molar-refractivity contribution in [3.63, 3.8) is 0 Å². The van der Waals surface area contributed by atoms with Crippen molar-refractivity contribution in [2.45, 2.75) is 39.8 Å². The Kier molecular flexibility index (Phi) is 9.54. The second-order valence-electron chi connectivity index (χ2n) is 7.15. The molecule has 1 aromatic carbocycles. The minimum atomic E-state index is 0.0408. The van der Waals surface area contributed by atoms with Crippen LogP contribution in [0.3, 0.4) is 0 Å². The Balaban J connectivity index is 2.15. The number of nitrogens with one attached hydrogen (secondary N) is 2. The number of rotatable bonds is 11. The lowest BCUT2D eigenvalue weighted by molar-refractivity contribution is 0.265. The monoisotopic (exact) mass is 416 g/mol. The summed E-state index contributed by atoms with van der Waals surface area (Å²) < 4.78 is 17.0. The molecular weight excluding hydrogens is 380 g/mol. The molecule has 0 aliphatic heterocycles. The minimum absolute atomic E-state index is 0.0408. The predicted octanol–water partition coefficient (Wildman–Crippen LogP) is 4.00. The van der Waals surface area contributed by atoms with E-state index in [1.807, 2.05) is 52.2 Å². The fraction of sp³-hybridized carbons (Fsp3) is 0.522. The number of guanidine groups is 1. The van der Waals surface area contributed by atoms with Gasteiger partial charge in [-0.2, -0.15) is 0 Å². The van der Waals surface area contributed by atoms with Crippen LogP contribution in [0.4, 0.5) is 0 Å². The number of hydrogen-bond acceptors (Lipinski definition) is 5. The Morgan fingerprint density at radius 3 is 2.43 bits per heavy atom. The van der Waals surface area contributed by atoms with Crippen LogP contribution in [0.25, 0.3) is 0 Å². The van der Waals surface area contributed by atoms with Gasteiger partial charge in [0.1, 0.15) is 5.76 Å². The molecule has 0 amide bonds. The fourth-order valence-electron chi connectivity index (χ4n) is 3.11. The van der Waals surface area contributed by atoms with E-state index in [2.05, 4.69) is 35.4 Å². The molecule has 0 spiro atoms. The lowest BCUT2D eigenvalue weighted by atomic mass is 10.1. The number of furan rings is 1. The third-order valence-corrected chi connectivity index (χ3v) is 4.68. The molecule has 0 fully saturated rings. The molecule has 0 aliphatic carbocycles. The van der Waals surface area contributed by atoms with Crippen molar-refractivity contribution >= 4 is 5.96 Å². The molecule has 0 bridgehead atoms. The van der Waals surface area contributed by atoms with Crippen LogP contribution in [0.5, 0.6) is 11.5 Å². The van der Waals surface area contributed by atoms with Crippen LogP contribution >= 0.6 is 0 Å². The van der Waals surface area contributed by atoms with Crippen molar-refractivity contribution in [3.05, 3.63) is 47.9 Å². The standard InChI is InChI=1S/C23H36N4O3/c1-7-24-23(25-16-19(27(5)6)20-11-10-14-30-20)26-17(4)18-12-13-21(28-8-2)22(15-18)29-9-3/h10-15,17,19H,7-9,16H2,1-6H3,(H2,24,25,26). The number of ether oxygens (including phenoxy) is 2. The van der Waals surface area contributed by atoms with Gasteiger partial charge in [-0.3, -0.25) is 9.89 Å². The molecule has 0 aliphatic rings. The number of hydrogen-bond donors (Lipinski definition) is 2. The summed E-state index contributed by atoms with van der Waals surface area (Å²) in [5, 5.41) is 6.82. The number of likely N-dealkylation sites (N-methyl/N-ethyl adjacent to an activating group) is 1. The van der Waals surface area contributed by atoms with Crippen LogP contribution in [0.1, 0.15) is 51.1 Å². The van der Waals surface area contributed by atoms with Crippen LogP contribution in [-0.2, 0) is 0 Å². The van der Waals surface area contributed by atoms with E-state index in [1.54, 1.807) is 6.26 Å². The minimum Gasteiger partial charge on any atom is -0.490 e. The summed E-state index contributed by atoms with van der Waals surface area (Å²) in [5.41, 5.74) is 1.10. The molecule has 2 rings (SSSR count). The Morgan fingerprint density at radius 2 is 1.83 bits per heavy atom. The third kappa shape index (κ3) is 6.69. The highest BCUT2D eigenvalue weighted by Gasteiger charge is 2.17. The maximum absolute atomic E-state index is 5.76. The summed E-state index contributed by atoms with van der Waals surface area (Å²) in [5.74, 6) is 3.19. The fourth-order valence-corrected chi connectivity index (χ4v) is 3.11. The van der Waals surface area contributed by atoms with Gasteiger partial charge in [-0.05, 0) is 71.6 Å². The lowest BCUT2D eigenvalue weighted by Gasteiger charge is -2.23. The molecule has 7 nitrogen and oxygen atoms in total. The maximum atomic E-state index is 5.76. The van der Waals surface area contributed by atoms with Crippen LogP contribution in [0.2, 0.25) is 0 Å². The van der Waals surface area contributed by atoms with E-state index >= 15 is 0 Å². The Bertz CT molecular complexity index is 775. The van der Waals surface area contributed by atoms with Crippen LogP contribution in [0, 0.1) is 0 Å². The zero-order chi connectivity index (χ0) is 21.9. The average molecular weight is 417 g/mol. The van der Waals surface area contributed by atoms with E-state index in [1.165, 1.54) is 0 Å². The molecule has 1 heterocycles. The van der Waals surface area contributed by atoms with Crippen molar-refractivity contribution in [3.8, 4) is 11.5 Å². The van der Waals surface area contributed by atoms with E-state index < -0.39 is 0 Å². The van der Waals surface area contributed by atoms with E-state index in [0.717, 1.165) is 35.3 Å². The van der Waals surface area contributed by atoms with E-state index in [4.69, 9.17) is 18.9 Å². The second kappa shape index (κ2) is 12.1. The molecular formula is C23H36N4O3. The van der Waals surface area contributed by atoms with Gasteiger partial charge in [0.2, 0.25) is 0 Å². The molecule has 0 radical (unpaired) electrons. The molecule has 2 N–H and O–H groups in total. The summed E-state index contributed by atoms with van der Waals surface area (Å²) in [4.78, 5) is 6.91. The van der Waals surface area contributed by atoms with Crippen LogP contribution < -0.4 is 20.1 Å². The molecule has 0 saturated heterocycles. The van der Waals surface area contributed by atoms with Crippen molar-refractivity contribution in [2.24, 2.45) is 4.99 Å². The van der Waals surface area contributed by atoms with Crippen molar-refractivity contribution in [2.75, 3.05) is 40.4 Å². The van der Waals surface area contributed by atoms with Gasteiger partial charge in [-0.1, -0.05) is 6.07 Å². The number of benzene rings is 1. The summed E-state index contributed by atoms with van der Waals surface area (Å²) in [6.45, 7) is 10.7. The van der Waals surface area contributed by atoms with Crippen LogP contribution in [0.15, 0.2) is 46.0 Å². The first-order chi connectivity index (χ1) is 14.5. The first-order valence-corrected chi connectivity index (χ1v) is 10.6. The smallest absolute Gasteiger partial charge is 0.191 e. The van der Waals surface area contributed by atoms with E-state index in [0.29, 0.717) is 19.8 Å². The van der Waals surface area contributed by atoms with Gasteiger partial charge in [-0.25, -0.2) is 0 Å². The molecule has 7 heteroatoms. The zero-order valence-corrected chi connectivity index (χ0v) is 19.1. The van der Waals surface area contributed by atoms with Gasteiger partial charge in [0, 0.05) is 6.54 Å². The van der Waals surface area contributed by atoms with Crippen LogP contribution in [-0.4, -0.2) is 51.3 Å². The quantitative estimate of drug-likeness (QED) is 0.426. The van der Waals surface area contributed by atoms with Crippen molar-refractivity contribution in [1.29, 1.82) is 0 Å². The highest BCUT2D eigenvalue weighted by atomic mass is 16.5. The summed E-state index contributed by atoms with van der Waals surface area (Å²) in [6, 6.07) is 10.0. The van der Waals surface area contributed by atoms with Gasteiger partial charge < -0.3 is 24.5 Å². The van der Waals surface area contributed by atoms with Gasteiger partial charge >= 0.3 is 0 Å². The highest BCUT2D eigenvalue weighted by molar-refractivity contribution is 5.80. The van der Waals surface area contributed by atoms with Gasteiger partial charge in [0.15, 0.2) is 17.5 Å². The largest absolute Gasteiger partial charge is 0.490 e. The molecule has 0 saturated carbocycles. The molecule has 2 aromatic rings. The number of aliphatic imine (C=N–C) groups is 1. The van der Waals surface area contributed by atoms with Crippen molar-refractivity contribution < 1.29 is 13.9 Å². The Hall–Kier alpha value is -2.67. The lowest BCUT2D eigenvalue weighted by Crippen LogP contribution is -2.39. The Morgan fingerprint density at radius 1 is 1.10 bits per heavy atom. The average Bonchev–Trinajstić information content (AvgIpc) is 3.24. The first kappa shape index (κ1) is 23.6. The normalized spacial score (nSPS) is 13.8.